The first-order chi connectivity index (χ1) is 6.61. The molecular weight excluding hydrogens is 202 g/mol. The first-order valence-corrected chi connectivity index (χ1v) is 4.98. The second kappa shape index (κ2) is 4.78. The topological polar surface area (TPSA) is 78.2 Å². The molecule has 0 aliphatic rings. The Hall–Kier alpha value is -1.33. The molecule has 0 saturated heterocycles. The monoisotopic (exact) mass is 211 g/mol. The van der Waals surface area contributed by atoms with Gasteiger partial charge >= 0.3 is 0 Å². The second-order valence-corrected chi connectivity index (χ2v) is 3.55. The van der Waals surface area contributed by atoms with E-state index in [1.54, 1.807) is 24.3 Å². The van der Waals surface area contributed by atoms with Gasteiger partial charge in [0.15, 0.2) is 0 Å². The van der Waals surface area contributed by atoms with Gasteiger partial charge in [0.05, 0.1) is 5.71 Å². The van der Waals surface area contributed by atoms with Crippen LogP contribution in [0.4, 0.5) is 0 Å². The summed E-state index contributed by atoms with van der Waals surface area (Å²) in [7, 11) is 0. The van der Waals surface area contributed by atoms with E-state index in [1.807, 2.05) is 6.07 Å². The fraction of sp³-hybridized carbons (Fsp3) is 0.111. The maximum Gasteiger partial charge on any atom is 0.290 e. The molecule has 0 spiro atoms. The molecule has 1 aromatic carbocycles. The minimum atomic E-state index is -2.58. The van der Waals surface area contributed by atoms with Crippen LogP contribution >= 0.6 is 0 Å². The van der Waals surface area contributed by atoms with Crippen LogP contribution in [0.2, 0.25) is 0 Å². The van der Waals surface area contributed by atoms with Crippen LogP contribution in [0.3, 0.4) is 0 Å². The van der Waals surface area contributed by atoms with Crippen molar-refractivity contribution in [3.63, 3.8) is 0 Å². The second-order valence-electron chi connectivity index (χ2n) is 2.68. The molecule has 74 valence electrons. The van der Waals surface area contributed by atoms with Crippen LogP contribution in [0.1, 0.15) is 5.56 Å². The lowest BCUT2D eigenvalue weighted by Crippen LogP contribution is -2.19. The van der Waals surface area contributed by atoms with Gasteiger partial charge in [-0.2, -0.15) is 0 Å². The third-order valence-electron chi connectivity index (χ3n) is 1.63. The Balaban J connectivity index is 2.67. The quantitative estimate of drug-likeness (QED) is 0.578. The SMILES string of the molecule is N=C(Cc1ccccc1)C(=O)S(=O)O. The summed E-state index contributed by atoms with van der Waals surface area (Å²) in [6.07, 6.45) is 0.0893. The van der Waals surface area contributed by atoms with Gasteiger partial charge in [-0.25, -0.2) is 4.21 Å². The van der Waals surface area contributed by atoms with Crippen molar-refractivity contribution in [1.82, 2.24) is 0 Å². The molecule has 0 heterocycles. The third-order valence-corrected chi connectivity index (χ3v) is 2.19. The molecule has 0 radical (unpaired) electrons. The molecule has 14 heavy (non-hydrogen) atoms. The molecule has 2 N–H and O–H groups in total. The zero-order valence-corrected chi connectivity index (χ0v) is 8.08. The van der Waals surface area contributed by atoms with E-state index in [4.69, 9.17) is 9.96 Å². The number of hydrogen-bond acceptors (Lipinski definition) is 3. The highest BCUT2D eigenvalue weighted by molar-refractivity contribution is 7.97. The van der Waals surface area contributed by atoms with Crippen LogP contribution in [0.15, 0.2) is 30.3 Å². The van der Waals surface area contributed by atoms with Crippen molar-refractivity contribution >= 4 is 21.9 Å². The van der Waals surface area contributed by atoms with E-state index in [0.717, 1.165) is 5.56 Å². The summed E-state index contributed by atoms with van der Waals surface area (Å²) < 4.78 is 18.8. The highest BCUT2D eigenvalue weighted by atomic mass is 32.2. The summed E-state index contributed by atoms with van der Waals surface area (Å²) in [6.45, 7) is 0. The molecule has 4 nitrogen and oxygen atoms in total. The van der Waals surface area contributed by atoms with Crippen molar-refractivity contribution in [3.05, 3.63) is 35.9 Å². The molecule has 0 aliphatic carbocycles. The molecule has 0 amide bonds. The number of hydrogen-bond donors (Lipinski definition) is 2. The summed E-state index contributed by atoms with van der Waals surface area (Å²) in [5.41, 5.74) is 0.424. The van der Waals surface area contributed by atoms with Crippen LogP contribution in [0, 0.1) is 5.41 Å². The van der Waals surface area contributed by atoms with Crippen molar-refractivity contribution in [1.29, 1.82) is 5.41 Å². The van der Waals surface area contributed by atoms with Crippen molar-refractivity contribution in [2.45, 2.75) is 6.42 Å². The van der Waals surface area contributed by atoms with E-state index in [9.17, 15) is 9.00 Å². The number of benzene rings is 1. The number of carbonyl (C=O) groups is 1. The molecule has 1 rings (SSSR count). The summed E-state index contributed by atoms with van der Waals surface area (Å²) in [5.74, 6) is 0. The van der Waals surface area contributed by atoms with Gasteiger partial charge in [0, 0.05) is 6.42 Å². The lowest BCUT2D eigenvalue weighted by Gasteiger charge is -1.99. The summed E-state index contributed by atoms with van der Waals surface area (Å²) in [5, 5.41) is 6.23. The van der Waals surface area contributed by atoms with Gasteiger partial charge < -0.3 is 5.41 Å². The van der Waals surface area contributed by atoms with Crippen LogP contribution in [0.25, 0.3) is 0 Å². The number of carbonyl (C=O) groups excluding carboxylic acids is 1. The predicted octanol–water partition coefficient (Wildman–Crippen LogP) is 0.997. The largest absolute Gasteiger partial charge is 0.300 e. The van der Waals surface area contributed by atoms with Gasteiger partial charge in [-0.05, 0) is 5.56 Å². The van der Waals surface area contributed by atoms with Gasteiger partial charge in [-0.3, -0.25) is 9.35 Å². The molecule has 5 heteroatoms. The molecule has 0 bridgehead atoms. The van der Waals surface area contributed by atoms with Gasteiger partial charge in [0.2, 0.25) is 11.1 Å². The van der Waals surface area contributed by atoms with Crippen molar-refractivity contribution < 1.29 is 13.6 Å². The van der Waals surface area contributed by atoms with Crippen LogP contribution in [-0.2, 0) is 22.3 Å². The third kappa shape index (κ3) is 2.86. The molecule has 1 atom stereocenters. The van der Waals surface area contributed by atoms with Crippen molar-refractivity contribution in [2.75, 3.05) is 0 Å². The Kier molecular flexibility index (Phi) is 3.67. The average Bonchev–Trinajstić information content (AvgIpc) is 2.18. The van der Waals surface area contributed by atoms with Gasteiger partial charge in [0.1, 0.15) is 0 Å². The van der Waals surface area contributed by atoms with Gasteiger partial charge in [-0.1, -0.05) is 30.3 Å². The maximum atomic E-state index is 10.9. The van der Waals surface area contributed by atoms with Crippen LogP contribution < -0.4 is 0 Å². The fourth-order valence-electron chi connectivity index (χ4n) is 0.978. The lowest BCUT2D eigenvalue weighted by molar-refractivity contribution is -0.106. The van der Waals surface area contributed by atoms with E-state index in [-0.39, 0.29) is 12.1 Å². The average molecular weight is 211 g/mol. The van der Waals surface area contributed by atoms with Crippen LogP contribution in [-0.4, -0.2) is 19.6 Å². The Morgan fingerprint density at radius 2 is 1.93 bits per heavy atom. The maximum absolute atomic E-state index is 10.9. The Labute approximate surface area is 83.8 Å². The molecule has 0 saturated carbocycles. The Morgan fingerprint density at radius 1 is 1.36 bits per heavy atom. The molecule has 0 aromatic heterocycles. The Morgan fingerprint density at radius 3 is 2.43 bits per heavy atom. The summed E-state index contributed by atoms with van der Waals surface area (Å²) in [6, 6.07) is 8.88. The van der Waals surface area contributed by atoms with E-state index >= 15 is 0 Å². The summed E-state index contributed by atoms with van der Waals surface area (Å²) in [4.78, 5) is 10.9. The number of nitrogens with one attached hydrogen (secondary N) is 1. The first kappa shape index (κ1) is 10.7. The smallest absolute Gasteiger partial charge is 0.290 e. The van der Waals surface area contributed by atoms with E-state index in [2.05, 4.69) is 0 Å². The molecule has 0 aliphatic heterocycles. The van der Waals surface area contributed by atoms with Crippen LogP contribution in [0.5, 0.6) is 0 Å². The highest BCUT2D eigenvalue weighted by Gasteiger charge is 2.15. The highest BCUT2D eigenvalue weighted by Crippen LogP contribution is 2.01. The van der Waals surface area contributed by atoms with E-state index in [1.165, 1.54) is 0 Å². The first-order valence-electron chi connectivity index (χ1n) is 3.88. The number of rotatable bonds is 3. The molecule has 0 fully saturated rings. The fourth-order valence-corrected chi connectivity index (χ4v) is 1.26. The van der Waals surface area contributed by atoms with E-state index in [0.29, 0.717) is 0 Å². The predicted molar refractivity (Wildman–Crippen MR) is 53.7 cm³/mol. The van der Waals surface area contributed by atoms with Crippen molar-refractivity contribution in [2.24, 2.45) is 0 Å². The van der Waals surface area contributed by atoms with Crippen molar-refractivity contribution in [3.8, 4) is 0 Å². The minimum absolute atomic E-state index is 0.0893. The normalized spacial score (nSPS) is 12.1. The minimum Gasteiger partial charge on any atom is -0.300 e. The molecule has 1 aromatic rings. The standard InChI is InChI=1S/C9H9NO3S/c10-8(9(11)14(12)13)6-7-4-2-1-3-5-7/h1-5,10H,6H2,(H,12,13). The van der Waals surface area contributed by atoms with Gasteiger partial charge in [0.25, 0.3) is 5.12 Å². The zero-order valence-electron chi connectivity index (χ0n) is 7.27. The lowest BCUT2D eigenvalue weighted by atomic mass is 10.1. The molecule has 1 unspecified atom stereocenters. The van der Waals surface area contributed by atoms with Gasteiger partial charge in [-0.15, -0.1) is 0 Å². The Bertz CT molecular complexity index is 375. The molecular formula is C9H9NO3S. The summed E-state index contributed by atoms with van der Waals surface area (Å²) >= 11 is -2.58. The zero-order chi connectivity index (χ0) is 10.6. The van der Waals surface area contributed by atoms with E-state index < -0.39 is 16.2 Å².